The highest BCUT2D eigenvalue weighted by Crippen LogP contribution is 2.26. The standard InChI is InChI=1S/C17H17N3O/c1-11-10-13(16-8-9-17(21)20-19-16)4-7-15(11)12-2-5-14(18)6-3-12/h2-7,10H,8-9,18H2,1H3,(H,20,21). The number of hydrogen-bond donors (Lipinski definition) is 2. The first-order chi connectivity index (χ1) is 10.1. The molecular weight excluding hydrogens is 262 g/mol. The van der Waals surface area contributed by atoms with Crippen LogP contribution in [0.25, 0.3) is 11.1 Å². The second-order valence-corrected chi connectivity index (χ2v) is 5.25. The lowest BCUT2D eigenvalue weighted by molar-refractivity contribution is -0.121. The van der Waals surface area contributed by atoms with Crippen LogP contribution in [0.5, 0.6) is 0 Å². The van der Waals surface area contributed by atoms with Crippen molar-refractivity contribution < 1.29 is 4.79 Å². The predicted octanol–water partition coefficient (Wildman–Crippen LogP) is 2.86. The second kappa shape index (κ2) is 5.40. The number of rotatable bonds is 2. The van der Waals surface area contributed by atoms with Gasteiger partial charge in [-0.15, -0.1) is 0 Å². The summed E-state index contributed by atoms with van der Waals surface area (Å²) >= 11 is 0. The minimum Gasteiger partial charge on any atom is -0.399 e. The average molecular weight is 279 g/mol. The minimum absolute atomic E-state index is 0.0195. The van der Waals surface area contributed by atoms with Crippen molar-refractivity contribution in [2.75, 3.05) is 5.73 Å². The van der Waals surface area contributed by atoms with E-state index in [9.17, 15) is 4.79 Å². The van der Waals surface area contributed by atoms with Crippen molar-refractivity contribution in [2.24, 2.45) is 5.10 Å². The summed E-state index contributed by atoms with van der Waals surface area (Å²) in [6.45, 7) is 2.08. The van der Waals surface area contributed by atoms with E-state index in [0.29, 0.717) is 12.8 Å². The molecule has 21 heavy (non-hydrogen) atoms. The number of benzene rings is 2. The van der Waals surface area contributed by atoms with Gasteiger partial charge in [0.25, 0.3) is 0 Å². The summed E-state index contributed by atoms with van der Waals surface area (Å²) in [5, 5.41) is 4.14. The summed E-state index contributed by atoms with van der Waals surface area (Å²) in [5.74, 6) is -0.0195. The van der Waals surface area contributed by atoms with Gasteiger partial charge in [-0.05, 0) is 47.4 Å². The Labute approximate surface area is 123 Å². The predicted molar refractivity (Wildman–Crippen MR) is 84.9 cm³/mol. The first-order valence-electron chi connectivity index (χ1n) is 6.96. The summed E-state index contributed by atoms with van der Waals surface area (Å²) in [4.78, 5) is 11.1. The van der Waals surface area contributed by atoms with Gasteiger partial charge in [-0.3, -0.25) is 4.79 Å². The van der Waals surface area contributed by atoms with Crippen molar-refractivity contribution in [3.05, 3.63) is 53.6 Å². The molecule has 0 unspecified atom stereocenters. The molecule has 4 nitrogen and oxygen atoms in total. The number of carbonyl (C=O) groups is 1. The molecule has 0 fully saturated rings. The molecule has 0 saturated carbocycles. The van der Waals surface area contributed by atoms with Gasteiger partial charge in [-0.2, -0.15) is 5.10 Å². The van der Waals surface area contributed by atoms with Gasteiger partial charge in [0.2, 0.25) is 5.91 Å². The molecule has 0 radical (unpaired) electrons. The van der Waals surface area contributed by atoms with Gasteiger partial charge in [-0.25, -0.2) is 5.43 Å². The third-order valence-corrected chi connectivity index (χ3v) is 3.69. The quantitative estimate of drug-likeness (QED) is 0.830. The van der Waals surface area contributed by atoms with Crippen LogP contribution < -0.4 is 11.2 Å². The van der Waals surface area contributed by atoms with Gasteiger partial charge in [0, 0.05) is 18.5 Å². The topological polar surface area (TPSA) is 67.5 Å². The van der Waals surface area contributed by atoms with E-state index in [0.717, 1.165) is 22.5 Å². The van der Waals surface area contributed by atoms with Crippen LogP contribution >= 0.6 is 0 Å². The third-order valence-electron chi connectivity index (χ3n) is 3.69. The molecule has 1 amide bonds. The monoisotopic (exact) mass is 279 g/mol. The molecule has 0 aromatic heterocycles. The maximum absolute atomic E-state index is 11.1. The Bertz CT molecular complexity index is 717. The molecule has 106 valence electrons. The number of hydrazone groups is 1. The maximum Gasteiger partial charge on any atom is 0.240 e. The fraction of sp³-hybridized carbons (Fsp3) is 0.176. The van der Waals surface area contributed by atoms with E-state index in [-0.39, 0.29) is 5.91 Å². The molecule has 0 bridgehead atoms. The molecular formula is C17H17N3O. The summed E-state index contributed by atoms with van der Waals surface area (Å²) in [7, 11) is 0. The van der Waals surface area contributed by atoms with E-state index in [2.05, 4.69) is 35.7 Å². The van der Waals surface area contributed by atoms with Gasteiger partial charge in [0.15, 0.2) is 0 Å². The van der Waals surface area contributed by atoms with E-state index in [4.69, 9.17) is 5.73 Å². The number of nitrogens with two attached hydrogens (primary N) is 1. The lowest BCUT2D eigenvalue weighted by Crippen LogP contribution is -2.25. The SMILES string of the molecule is Cc1cc(C2=NNC(=O)CC2)ccc1-c1ccc(N)cc1. The molecule has 3 N–H and O–H groups in total. The summed E-state index contributed by atoms with van der Waals surface area (Å²) < 4.78 is 0. The van der Waals surface area contributed by atoms with Crippen LogP contribution in [0.2, 0.25) is 0 Å². The largest absolute Gasteiger partial charge is 0.399 e. The zero-order valence-corrected chi connectivity index (χ0v) is 11.9. The van der Waals surface area contributed by atoms with Crippen LogP contribution in [0.15, 0.2) is 47.6 Å². The highest BCUT2D eigenvalue weighted by molar-refractivity contribution is 6.04. The maximum atomic E-state index is 11.1. The van der Waals surface area contributed by atoms with Crippen molar-refractivity contribution in [3.8, 4) is 11.1 Å². The molecule has 2 aromatic carbocycles. The van der Waals surface area contributed by atoms with Crippen molar-refractivity contribution in [3.63, 3.8) is 0 Å². The number of nitrogens with zero attached hydrogens (tertiary/aromatic N) is 1. The number of nitrogens with one attached hydrogen (secondary N) is 1. The molecule has 0 atom stereocenters. The molecule has 1 aliphatic rings. The third kappa shape index (κ3) is 2.79. The van der Waals surface area contributed by atoms with Gasteiger partial charge in [0.05, 0.1) is 5.71 Å². The van der Waals surface area contributed by atoms with Crippen molar-refractivity contribution in [2.45, 2.75) is 19.8 Å². The number of carbonyl (C=O) groups excluding carboxylic acids is 1. The molecule has 1 aliphatic heterocycles. The Balaban J connectivity index is 1.93. The smallest absolute Gasteiger partial charge is 0.240 e. The van der Waals surface area contributed by atoms with Gasteiger partial charge < -0.3 is 5.73 Å². The normalized spacial score (nSPS) is 14.5. The Morgan fingerprint density at radius 1 is 1.05 bits per heavy atom. The molecule has 0 aliphatic carbocycles. The summed E-state index contributed by atoms with van der Waals surface area (Å²) in [6, 6.07) is 14.1. The van der Waals surface area contributed by atoms with Gasteiger partial charge in [-0.1, -0.05) is 24.3 Å². The molecule has 1 heterocycles. The zero-order valence-electron chi connectivity index (χ0n) is 11.9. The van der Waals surface area contributed by atoms with E-state index in [1.54, 1.807) is 0 Å². The Morgan fingerprint density at radius 2 is 1.76 bits per heavy atom. The first-order valence-corrected chi connectivity index (χ1v) is 6.96. The Morgan fingerprint density at radius 3 is 2.38 bits per heavy atom. The number of amides is 1. The highest BCUT2D eigenvalue weighted by atomic mass is 16.2. The number of hydrogen-bond acceptors (Lipinski definition) is 3. The number of nitrogen functional groups attached to an aromatic ring is 1. The lowest BCUT2D eigenvalue weighted by Gasteiger charge is -2.14. The Kier molecular flexibility index (Phi) is 3.44. The second-order valence-electron chi connectivity index (χ2n) is 5.25. The number of anilines is 1. The fourth-order valence-corrected chi connectivity index (χ4v) is 2.51. The van der Waals surface area contributed by atoms with Crippen LogP contribution in [-0.4, -0.2) is 11.6 Å². The molecule has 4 heteroatoms. The van der Waals surface area contributed by atoms with Crippen LogP contribution in [0.3, 0.4) is 0 Å². The van der Waals surface area contributed by atoms with Crippen LogP contribution in [0.4, 0.5) is 5.69 Å². The van der Waals surface area contributed by atoms with E-state index in [1.165, 1.54) is 11.1 Å². The van der Waals surface area contributed by atoms with Crippen LogP contribution in [0.1, 0.15) is 24.0 Å². The molecule has 2 aromatic rings. The van der Waals surface area contributed by atoms with E-state index in [1.807, 2.05) is 24.3 Å². The average Bonchev–Trinajstić information content (AvgIpc) is 2.49. The Hall–Kier alpha value is -2.62. The minimum atomic E-state index is -0.0195. The van der Waals surface area contributed by atoms with Crippen LogP contribution in [-0.2, 0) is 4.79 Å². The highest BCUT2D eigenvalue weighted by Gasteiger charge is 2.14. The molecule has 3 rings (SSSR count). The fourth-order valence-electron chi connectivity index (χ4n) is 2.51. The van der Waals surface area contributed by atoms with E-state index < -0.39 is 0 Å². The van der Waals surface area contributed by atoms with Gasteiger partial charge in [0.1, 0.15) is 0 Å². The van der Waals surface area contributed by atoms with E-state index >= 15 is 0 Å². The lowest BCUT2D eigenvalue weighted by atomic mass is 9.95. The molecule has 0 saturated heterocycles. The first kappa shape index (κ1) is 13.4. The van der Waals surface area contributed by atoms with Crippen LogP contribution in [0, 0.1) is 6.92 Å². The summed E-state index contributed by atoms with van der Waals surface area (Å²) in [6.07, 6.45) is 1.18. The van der Waals surface area contributed by atoms with Crippen molar-refractivity contribution in [1.82, 2.24) is 5.43 Å². The molecule has 0 spiro atoms. The zero-order chi connectivity index (χ0) is 14.8. The number of aryl methyl sites for hydroxylation is 1. The summed E-state index contributed by atoms with van der Waals surface area (Å²) in [5.41, 5.74) is 14.5. The van der Waals surface area contributed by atoms with Gasteiger partial charge >= 0.3 is 0 Å². The van der Waals surface area contributed by atoms with Crippen molar-refractivity contribution >= 4 is 17.3 Å². The van der Waals surface area contributed by atoms with Crippen molar-refractivity contribution in [1.29, 1.82) is 0 Å².